The molecule has 3 heterocycles. The maximum absolute atomic E-state index is 6.44. The first-order valence-electron chi connectivity index (χ1n) is 10.5. The Morgan fingerprint density at radius 3 is 2.59 bits per heavy atom. The lowest BCUT2D eigenvalue weighted by molar-refractivity contribution is 0.269. The number of rotatable bonds is 5. The van der Waals surface area contributed by atoms with Crippen LogP contribution >= 0.6 is 28.1 Å². The van der Waals surface area contributed by atoms with Crippen LogP contribution in [0.5, 0.6) is 0 Å². The van der Waals surface area contributed by atoms with Crippen LogP contribution in [0.1, 0.15) is 34.7 Å². The molecule has 1 fully saturated rings. The van der Waals surface area contributed by atoms with Gasteiger partial charge in [-0.25, -0.2) is 0 Å². The van der Waals surface area contributed by atoms with Crippen molar-refractivity contribution in [3.63, 3.8) is 0 Å². The second-order valence-corrected chi connectivity index (χ2v) is 9.17. The molecule has 2 aromatic carbocycles. The number of hydrogen-bond donors (Lipinski definition) is 1. The topological polar surface area (TPSA) is 41.3 Å². The molecule has 2 aromatic heterocycles. The van der Waals surface area contributed by atoms with Gasteiger partial charge in [0.15, 0.2) is 5.11 Å². The summed E-state index contributed by atoms with van der Waals surface area (Å²) >= 11 is 9.44. The van der Waals surface area contributed by atoms with Gasteiger partial charge in [0.25, 0.3) is 0 Å². The fourth-order valence-corrected chi connectivity index (χ4v) is 5.14. The zero-order chi connectivity index (χ0) is 22.1. The Kier molecular flexibility index (Phi) is 5.81. The number of aryl methyl sites for hydroxylation is 1. The lowest BCUT2D eigenvalue weighted by atomic mass is 10.0. The second kappa shape index (κ2) is 8.88. The average Bonchev–Trinajstić information content (AvgIpc) is 3.40. The standard InChI is InChI=1S/C26H22BrN3OS/c1-17-10-11-19(20(27)15-17)22-12-13-23(31-22)25-24(21-9-5-6-14-28-21)29-26(32)30(25)16-18-7-3-2-4-8-18/h2-15,24-25H,16H2,1H3,(H,29,32)/t24-,25+/m0/s1. The molecular formula is C26H22BrN3OS. The molecule has 0 radical (unpaired) electrons. The van der Waals surface area contributed by atoms with E-state index < -0.39 is 0 Å². The largest absolute Gasteiger partial charge is 0.459 e. The number of nitrogens with zero attached hydrogens (tertiary/aromatic N) is 2. The number of halogens is 1. The van der Waals surface area contributed by atoms with Gasteiger partial charge in [0.1, 0.15) is 17.6 Å². The molecule has 0 spiro atoms. The van der Waals surface area contributed by atoms with E-state index >= 15 is 0 Å². The zero-order valence-electron chi connectivity index (χ0n) is 17.5. The number of thiocarbonyl (C=S) groups is 1. The van der Waals surface area contributed by atoms with Crippen LogP contribution in [0.3, 0.4) is 0 Å². The normalized spacial score (nSPS) is 18.1. The zero-order valence-corrected chi connectivity index (χ0v) is 19.9. The highest BCUT2D eigenvalue weighted by Gasteiger charge is 2.41. The van der Waals surface area contributed by atoms with Gasteiger partial charge >= 0.3 is 0 Å². The van der Waals surface area contributed by atoms with Crippen LogP contribution in [0, 0.1) is 6.92 Å². The van der Waals surface area contributed by atoms with Gasteiger partial charge in [0.05, 0.1) is 11.7 Å². The highest BCUT2D eigenvalue weighted by molar-refractivity contribution is 9.10. The SMILES string of the molecule is Cc1ccc(-c2ccc([C@@H]3[C@H](c4ccccn4)NC(=S)N3Cc3ccccc3)o2)c(Br)c1. The summed E-state index contributed by atoms with van der Waals surface area (Å²) in [6.45, 7) is 2.76. The highest BCUT2D eigenvalue weighted by atomic mass is 79.9. The Hall–Kier alpha value is -2.96. The summed E-state index contributed by atoms with van der Waals surface area (Å²) in [5, 5.41) is 4.18. The summed E-state index contributed by atoms with van der Waals surface area (Å²) in [5.41, 5.74) is 4.35. The Balaban J connectivity index is 1.55. The Bertz CT molecular complexity index is 1240. The van der Waals surface area contributed by atoms with E-state index in [0.717, 1.165) is 27.3 Å². The van der Waals surface area contributed by atoms with Crippen molar-refractivity contribution in [3.05, 3.63) is 112 Å². The van der Waals surface area contributed by atoms with Crippen molar-refractivity contribution in [3.8, 4) is 11.3 Å². The summed E-state index contributed by atoms with van der Waals surface area (Å²) in [6.07, 6.45) is 1.81. The maximum atomic E-state index is 6.44. The van der Waals surface area contributed by atoms with Gasteiger partial charge in [-0.1, -0.05) is 58.4 Å². The quantitative estimate of drug-likeness (QED) is 0.311. The van der Waals surface area contributed by atoms with E-state index in [1.54, 1.807) is 0 Å². The van der Waals surface area contributed by atoms with E-state index in [-0.39, 0.29) is 12.1 Å². The Morgan fingerprint density at radius 1 is 1.03 bits per heavy atom. The Morgan fingerprint density at radius 2 is 1.84 bits per heavy atom. The number of pyridine rings is 1. The van der Waals surface area contributed by atoms with Crippen molar-refractivity contribution in [1.29, 1.82) is 0 Å². The lowest BCUT2D eigenvalue weighted by Gasteiger charge is -2.26. The van der Waals surface area contributed by atoms with E-state index in [9.17, 15) is 0 Å². The minimum atomic E-state index is -0.115. The first-order valence-corrected chi connectivity index (χ1v) is 11.7. The number of aromatic nitrogens is 1. The molecule has 32 heavy (non-hydrogen) atoms. The molecule has 0 unspecified atom stereocenters. The van der Waals surface area contributed by atoms with E-state index in [0.29, 0.717) is 11.7 Å². The van der Waals surface area contributed by atoms with Crippen LogP contribution in [0.2, 0.25) is 0 Å². The Labute approximate surface area is 201 Å². The van der Waals surface area contributed by atoms with Gasteiger partial charge in [-0.05, 0) is 66.7 Å². The average molecular weight is 504 g/mol. The third kappa shape index (κ3) is 4.08. The number of nitrogens with one attached hydrogen (secondary N) is 1. The molecule has 0 amide bonds. The van der Waals surface area contributed by atoms with Crippen molar-refractivity contribution in [2.75, 3.05) is 0 Å². The van der Waals surface area contributed by atoms with Crippen LogP contribution < -0.4 is 5.32 Å². The first kappa shape index (κ1) is 20.9. The predicted octanol–water partition coefficient (Wildman–Crippen LogP) is 6.59. The predicted molar refractivity (Wildman–Crippen MR) is 134 cm³/mol. The van der Waals surface area contributed by atoms with Crippen LogP contribution in [0.15, 0.2) is 93.9 Å². The molecule has 0 bridgehead atoms. The van der Waals surface area contributed by atoms with Crippen LogP contribution in [0.25, 0.3) is 11.3 Å². The molecule has 4 aromatic rings. The van der Waals surface area contributed by atoms with Gasteiger partial charge in [-0.15, -0.1) is 0 Å². The first-order chi connectivity index (χ1) is 15.6. The number of benzene rings is 2. The maximum Gasteiger partial charge on any atom is 0.170 e. The fourth-order valence-electron chi connectivity index (χ4n) is 4.14. The fraction of sp³-hybridized carbons (Fsp3) is 0.154. The monoisotopic (exact) mass is 503 g/mol. The minimum absolute atomic E-state index is 0.104. The number of hydrogen-bond acceptors (Lipinski definition) is 3. The van der Waals surface area contributed by atoms with Gasteiger partial charge < -0.3 is 14.6 Å². The molecule has 160 valence electrons. The molecule has 1 N–H and O–H groups in total. The van der Waals surface area contributed by atoms with E-state index in [2.05, 4.69) is 74.5 Å². The molecule has 0 saturated carbocycles. The van der Waals surface area contributed by atoms with Crippen molar-refractivity contribution >= 4 is 33.3 Å². The number of furan rings is 1. The molecule has 1 saturated heterocycles. The van der Waals surface area contributed by atoms with E-state index in [1.165, 1.54) is 11.1 Å². The van der Waals surface area contributed by atoms with Gasteiger partial charge in [0, 0.05) is 22.8 Å². The summed E-state index contributed by atoms with van der Waals surface area (Å²) < 4.78 is 7.46. The second-order valence-electron chi connectivity index (χ2n) is 7.93. The van der Waals surface area contributed by atoms with E-state index in [4.69, 9.17) is 16.6 Å². The summed E-state index contributed by atoms with van der Waals surface area (Å²) in [6, 6.07) is 26.4. The lowest BCUT2D eigenvalue weighted by Crippen LogP contribution is -2.29. The molecule has 1 aliphatic heterocycles. The summed E-state index contributed by atoms with van der Waals surface area (Å²) in [7, 11) is 0. The van der Waals surface area contributed by atoms with Crippen LogP contribution in [0.4, 0.5) is 0 Å². The van der Waals surface area contributed by atoms with Gasteiger partial charge in [-0.3, -0.25) is 4.98 Å². The van der Waals surface area contributed by atoms with Crippen LogP contribution in [-0.2, 0) is 6.54 Å². The van der Waals surface area contributed by atoms with E-state index in [1.807, 2.05) is 48.7 Å². The van der Waals surface area contributed by atoms with Gasteiger partial charge in [0.2, 0.25) is 0 Å². The molecule has 6 heteroatoms. The summed E-state index contributed by atoms with van der Waals surface area (Å²) in [4.78, 5) is 6.79. The smallest absolute Gasteiger partial charge is 0.170 e. The third-order valence-electron chi connectivity index (χ3n) is 5.70. The summed E-state index contributed by atoms with van der Waals surface area (Å²) in [5.74, 6) is 1.68. The van der Waals surface area contributed by atoms with Crippen molar-refractivity contribution in [2.24, 2.45) is 0 Å². The third-order valence-corrected chi connectivity index (χ3v) is 6.71. The molecular weight excluding hydrogens is 482 g/mol. The minimum Gasteiger partial charge on any atom is -0.459 e. The highest BCUT2D eigenvalue weighted by Crippen LogP contribution is 2.42. The van der Waals surface area contributed by atoms with Crippen molar-refractivity contribution in [1.82, 2.24) is 15.2 Å². The van der Waals surface area contributed by atoms with Crippen molar-refractivity contribution in [2.45, 2.75) is 25.6 Å². The molecule has 2 atom stereocenters. The molecule has 5 rings (SSSR count). The molecule has 0 aliphatic carbocycles. The molecule has 1 aliphatic rings. The van der Waals surface area contributed by atoms with Crippen LogP contribution in [-0.4, -0.2) is 15.0 Å². The van der Waals surface area contributed by atoms with Crippen molar-refractivity contribution < 1.29 is 4.42 Å². The van der Waals surface area contributed by atoms with Gasteiger partial charge in [-0.2, -0.15) is 0 Å². The molecule has 4 nitrogen and oxygen atoms in total.